The molecule has 0 aliphatic carbocycles. The van der Waals surface area contributed by atoms with Crippen LogP contribution in [0.5, 0.6) is 5.75 Å². The molecule has 2 aromatic carbocycles. The van der Waals surface area contributed by atoms with Crippen molar-refractivity contribution < 1.29 is 18.7 Å². The van der Waals surface area contributed by atoms with Crippen molar-refractivity contribution in [3.05, 3.63) is 53.8 Å². The van der Waals surface area contributed by atoms with Crippen LogP contribution in [0.3, 0.4) is 0 Å². The van der Waals surface area contributed by atoms with Gasteiger partial charge in [-0.05, 0) is 42.5 Å². The number of amides is 2. The summed E-state index contributed by atoms with van der Waals surface area (Å²) >= 11 is 1.35. The minimum absolute atomic E-state index is 0.103. The van der Waals surface area contributed by atoms with Gasteiger partial charge in [0, 0.05) is 18.5 Å². The first kappa shape index (κ1) is 17.8. The second kappa shape index (κ2) is 7.92. The van der Waals surface area contributed by atoms with Gasteiger partial charge in [0.25, 0.3) is 5.91 Å². The first-order chi connectivity index (χ1) is 12.5. The molecule has 2 N–H and O–H groups in total. The van der Waals surface area contributed by atoms with Crippen LogP contribution in [-0.4, -0.2) is 30.5 Å². The molecule has 6 nitrogen and oxygen atoms in total. The number of ether oxygens (including phenoxy) is 1. The van der Waals surface area contributed by atoms with Crippen LogP contribution < -0.4 is 15.4 Å². The van der Waals surface area contributed by atoms with Crippen molar-refractivity contribution in [2.45, 2.75) is 6.42 Å². The molecule has 1 heterocycles. The van der Waals surface area contributed by atoms with Gasteiger partial charge in [-0.25, -0.2) is 9.37 Å². The number of carbonyl (C=O) groups is 2. The monoisotopic (exact) mass is 373 g/mol. The average molecular weight is 373 g/mol. The Morgan fingerprint density at radius 3 is 2.69 bits per heavy atom. The maximum Gasteiger partial charge on any atom is 0.251 e. The van der Waals surface area contributed by atoms with E-state index in [1.165, 1.54) is 35.6 Å². The fraction of sp³-hybridized carbons (Fsp3) is 0.167. The number of anilines is 1. The van der Waals surface area contributed by atoms with E-state index in [1.807, 2.05) is 12.1 Å². The van der Waals surface area contributed by atoms with Crippen LogP contribution in [0.4, 0.5) is 9.52 Å². The molecule has 3 rings (SSSR count). The number of rotatable bonds is 6. The first-order valence-electron chi connectivity index (χ1n) is 7.83. The average Bonchev–Trinajstić information content (AvgIpc) is 3.03. The minimum atomic E-state index is -0.408. The van der Waals surface area contributed by atoms with Gasteiger partial charge in [0.2, 0.25) is 5.91 Å². The lowest BCUT2D eigenvalue weighted by Crippen LogP contribution is -2.27. The van der Waals surface area contributed by atoms with Crippen molar-refractivity contribution in [2.75, 3.05) is 19.0 Å². The Labute approximate surface area is 153 Å². The van der Waals surface area contributed by atoms with E-state index >= 15 is 0 Å². The molecule has 8 heteroatoms. The van der Waals surface area contributed by atoms with Gasteiger partial charge in [0.15, 0.2) is 5.13 Å². The van der Waals surface area contributed by atoms with Gasteiger partial charge in [-0.3, -0.25) is 9.59 Å². The molecule has 0 fully saturated rings. The minimum Gasteiger partial charge on any atom is -0.497 e. The van der Waals surface area contributed by atoms with E-state index in [4.69, 9.17) is 4.74 Å². The van der Waals surface area contributed by atoms with Crippen LogP contribution >= 0.6 is 11.3 Å². The normalized spacial score (nSPS) is 10.5. The lowest BCUT2D eigenvalue weighted by atomic mass is 10.2. The van der Waals surface area contributed by atoms with E-state index in [0.717, 1.165) is 16.0 Å². The van der Waals surface area contributed by atoms with Gasteiger partial charge in [0.05, 0.1) is 17.3 Å². The number of fused-ring (bicyclic) bond motifs is 1. The topological polar surface area (TPSA) is 80.3 Å². The van der Waals surface area contributed by atoms with Gasteiger partial charge in [-0.15, -0.1) is 0 Å². The number of nitrogens with one attached hydrogen (secondary N) is 2. The van der Waals surface area contributed by atoms with Crippen molar-refractivity contribution in [2.24, 2.45) is 0 Å². The van der Waals surface area contributed by atoms with E-state index in [2.05, 4.69) is 15.6 Å². The summed E-state index contributed by atoms with van der Waals surface area (Å²) in [4.78, 5) is 28.2. The molecule has 3 aromatic rings. The van der Waals surface area contributed by atoms with Gasteiger partial charge in [0.1, 0.15) is 11.6 Å². The lowest BCUT2D eigenvalue weighted by Gasteiger charge is -2.05. The number of benzene rings is 2. The Balaban J connectivity index is 1.51. The summed E-state index contributed by atoms with van der Waals surface area (Å²) in [5.41, 5.74) is 1.11. The van der Waals surface area contributed by atoms with Gasteiger partial charge < -0.3 is 15.4 Å². The molecule has 26 heavy (non-hydrogen) atoms. The van der Waals surface area contributed by atoms with Crippen LogP contribution in [0.15, 0.2) is 42.5 Å². The molecule has 0 unspecified atom stereocenters. The second-order valence-corrected chi connectivity index (χ2v) is 6.44. The number of aromatic nitrogens is 1. The van der Waals surface area contributed by atoms with Crippen LogP contribution in [0.2, 0.25) is 0 Å². The molecular weight excluding hydrogens is 357 g/mol. The molecular formula is C18H16FN3O3S. The highest BCUT2D eigenvalue weighted by molar-refractivity contribution is 7.22. The summed E-state index contributed by atoms with van der Waals surface area (Å²) in [6.45, 7) is 0.167. The second-order valence-electron chi connectivity index (χ2n) is 5.41. The van der Waals surface area contributed by atoms with Crippen LogP contribution in [0.1, 0.15) is 16.8 Å². The standard InChI is InChI=1S/C18H16FN3O3S/c1-25-13-6-7-14-15(10-13)26-18(21-14)22-16(23)8-9-20-17(24)11-2-4-12(19)5-3-11/h2-7,10H,8-9H2,1H3,(H,20,24)(H,21,22,23). The lowest BCUT2D eigenvalue weighted by molar-refractivity contribution is -0.116. The summed E-state index contributed by atoms with van der Waals surface area (Å²) in [7, 11) is 1.59. The Morgan fingerprint density at radius 2 is 1.96 bits per heavy atom. The van der Waals surface area contributed by atoms with Crippen molar-refractivity contribution in [3.63, 3.8) is 0 Å². The van der Waals surface area contributed by atoms with E-state index in [0.29, 0.717) is 10.7 Å². The fourth-order valence-electron chi connectivity index (χ4n) is 2.26. The highest BCUT2D eigenvalue weighted by Gasteiger charge is 2.10. The molecule has 0 spiro atoms. The molecule has 0 aliphatic rings. The molecule has 0 atom stereocenters. The molecule has 0 saturated carbocycles. The Kier molecular flexibility index (Phi) is 5.43. The van der Waals surface area contributed by atoms with Crippen LogP contribution in [0, 0.1) is 5.82 Å². The molecule has 0 radical (unpaired) electrons. The maximum absolute atomic E-state index is 12.8. The fourth-order valence-corrected chi connectivity index (χ4v) is 3.17. The maximum atomic E-state index is 12.8. The van der Waals surface area contributed by atoms with E-state index in [9.17, 15) is 14.0 Å². The van der Waals surface area contributed by atoms with Gasteiger partial charge >= 0.3 is 0 Å². The molecule has 1 aromatic heterocycles. The Morgan fingerprint density at radius 1 is 1.19 bits per heavy atom. The number of nitrogens with zero attached hydrogens (tertiary/aromatic N) is 1. The zero-order chi connectivity index (χ0) is 18.5. The van der Waals surface area contributed by atoms with Crippen molar-refractivity contribution in [1.29, 1.82) is 0 Å². The van der Waals surface area contributed by atoms with Crippen molar-refractivity contribution in [1.82, 2.24) is 10.3 Å². The van der Waals surface area contributed by atoms with E-state index in [-0.39, 0.29) is 24.8 Å². The molecule has 0 saturated heterocycles. The van der Waals surface area contributed by atoms with Crippen molar-refractivity contribution >= 4 is 38.5 Å². The molecule has 0 aliphatic heterocycles. The summed E-state index contributed by atoms with van der Waals surface area (Å²) in [5, 5.41) is 5.83. The largest absolute Gasteiger partial charge is 0.497 e. The van der Waals surface area contributed by atoms with Crippen molar-refractivity contribution in [3.8, 4) is 5.75 Å². The summed E-state index contributed by atoms with van der Waals surface area (Å²) in [6.07, 6.45) is 0.103. The zero-order valence-electron chi connectivity index (χ0n) is 13.9. The first-order valence-corrected chi connectivity index (χ1v) is 8.65. The smallest absolute Gasteiger partial charge is 0.251 e. The van der Waals surface area contributed by atoms with E-state index in [1.54, 1.807) is 13.2 Å². The molecule has 2 amide bonds. The predicted molar refractivity (Wildman–Crippen MR) is 98.2 cm³/mol. The zero-order valence-corrected chi connectivity index (χ0v) is 14.7. The highest BCUT2D eigenvalue weighted by Crippen LogP contribution is 2.29. The molecule has 134 valence electrons. The Hall–Kier alpha value is -3.00. The third-order valence-electron chi connectivity index (χ3n) is 3.59. The molecule has 0 bridgehead atoms. The van der Waals surface area contributed by atoms with Crippen LogP contribution in [0.25, 0.3) is 10.2 Å². The number of hydrogen-bond donors (Lipinski definition) is 2. The number of hydrogen-bond acceptors (Lipinski definition) is 5. The van der Waals surface area contributed by atoms with Gasteiger partial charge in [-0.1, -0.05) is 11.3 Å². The quantitative estimate of drug-likeness (QED) is 0.695. The number of halogens is 1. The summed E-state index contributed by atoms with van der Waals surface area (Å²) < 4.78 is 18.9. The third kappa shape index (κ3) is 4.34. The number of carbonyl (C=O) groups excluding carboxylic acids is 2. The van der Waals surface area contributed by atoms with E-state index < -0.39 is 5.82 Å². The summed E-state index contributed by atoms with van der Waals surface area (Å²) in [6, 6.07) is 10.7. The summed E-state index contributed by atoms with van der Waals surface area (Å²) in [5.74, 6) is -0.294. The van der Waals surface area contributed by atoms with Crippen LogP contribution in [-0.2, 0) is 4.79 Å². The number of methoxy groups -OCH3 is 1. The number of thiazole rings is 1. The highest BCUT2D eigenvalue weighted by atomic mass is 32.1. The SMILES string of the molecule is COc1ccc2nc(NC(=O)CCNC(=O)c3ccc(F)cc3)sc2c1. The van der Waals surface area contributed by atoms with Gasteiger partial charge in [-0.2, -0.15) is 0 Å². The third-order valence-corrected chi connectivity index (χ3v) is 4.52. The Bertz CT molecular complexity index is 941. The predicted octanol–water partition coefficient (Wildman–Crippen LogP) is 3.20.